The fraction of sp³-hybridized carbons (Fsp3) is 0.217. The van der Waals surface area contributed by atoms with Gasteiger partial charge in [0.25, 0.3) is 0 Å². The van der Waals surface area contributed by atoms with Crippen molar-refractivity contribution in [3.8, 4) is 0 Å². The van der Waals surface area contributed by atoms with Gasteiger partial charge in [0.05, 0.1) is 16.6 Å². The molecule has 4 aromatic rings. The van der Waals surface area contributed by atoms with Gasteiger partial charge in [0.1, 0.15) is 0 Å². The van der Waals surface area contributed by atoms with E-state index in [0.717, 1.165) is 35.0 Å². The number of anilines is 1. The Morgan fingerprint density at radius 3 is 2.67 bits per heavy atom. The molecule has 3 aromatic carbocycles. The summed E-state index contributed by atoms with van der Waals surface area (Å²) < 4.78 is 1.15. The molecule has 0 saturated carbocycles. The van der Waals surface area contributed by atoms with E-state index in [1.54, 1.807) is 11.3 Å². The molecule has 1 amide bonds. The summed E-state index contributed by atoms with van der Waals surface area (Å²) in [6.45, 7) is 2.13. The molecule has 0 fully saturated rings. The van der Waals surface area contributed by atoms with Gasteiger partial charge in [0, 0.05) is 5.39 Å². The molecule has 0 radical (unpaired) electrons. The van der Waals surface area contributed by atoms with Crippen LogP contribution in [-0.4, -0.2) is 10.9 Å². The lowest BCUT2D eigenvalue weighted by Gasteiger charge is -2.03. The van der Waals surface area contributed by atoms with Gasteiger partial charge in [-0.3, -0.25) is 4.79 Å². The van der Waals surface area contributed by atoms with Gasteiger partial charge < -0.3 is 5.32 Å². The number of benzene rings is 3. The predicted molar refractivity (Wildman–Crippen MR) is 113 cm³/mol. The maximum absolute atomic E-state index is 12.5. The van der Waals surface area contributed by atoms with E-state index in [-0.39, 0.29) is 5.91 Å². The minimum absolute atomic E-state index is 0.0179. The SMILES string of the molecule is CCc1ccc(CC(=O)Nc2nc3c(cc4c5c(cccc53)CC4)s2)cc1. The Labute approximate surface area is 162 Å². The highest BCUT2D eigenvalue weighted by Crippen LogP contribution is 2.39. The number of aryl methyl sites for hydroxylation is 3. The van der Waals surface area contributed by atoms with Crippen molar-refractivity contribution in [2.24, 2.45) is 0 Å². The van der Waals surface area contributed by atoms with Crippen LogP contribution >= 0.6 is 11.3 Å². The largest absolute Gasteiger partial charge is 0.302 e. The maximum Gasteiger partial charge on any atom is 0.230 e. The molecule has 0 spiro atoms. The maximum atomic E-state index is 12.5. The molecule has 5 rings (SSSR count). The monoisotopic (exact) mass is 372 g/mol. The van der Waals surface area contributed by atoms with Crippen LogP contribution in [0.2, 0.25) is 0 Å². The van der Waals surface area contributed by atoms with Gasteiger partial charge in [0.2, 0.25) is 5.91 Å². The number of nitrogens with zero attached hydrogens (tertiary/aromatic N) is 1. The summed E-state index contributed by atoms with van der Waals surface area (Å²) in [4.78, 5) is 17.2. The number of hydrogen-bond donors (Lipinski definition) is 1. The van der Waals surface area contributed by atoms with Gasteiger partial charge in [-0.15, -0.1) is 0 Å². The zero-order valence-corrected chi connectivity index (χ0v) is 16.0. The van der Waals surface area contributed by atoms with Gasteiger partial charge in [0.15, 0.2) is 5.13 Å². The molecule has 1 aromatic heterocycles. The molecule has 0 aliphatic heterocycles. The summed E-state index contributed by atoms with van der Waals surface area (Å²) in [5.41, 5.74) is 6.14. The highest BCUT2D eigenvalue weighted by Gasteiger charge is 2.19. The first-order valence-corrected chi connectivity index (χ1v) is 10.2. The van der Waals surface area contributed by atoms with Crippen LogP contribution in [0.5, 0.6) is 0 Å². The third kappa shape index (κ3) is 2.90. The van der Waals surface area contributed by atoms with Crippen molar-refractivity contribution >= 4 is 43.4 Å². The molecule has 0 atom stereocenters. The first kappa shape index (κ1) is 16.5. The van der Waals surface area contributed by atoms with Crippen molar-refractivity contribution in [2.75, 3.05) is 5.32 Å². The Kier molecular flexibility index (Phi) is 3.94. The van der Waals surface area contributed by atoms with E-state index >= 15 is 0 Å². The van der Waals surface area contributed by atoms with Gasteiger partial charge >= 0.3 is 0 Å². The lowest BCUT2D eigenvalue weighted by Crippen LogP contribution is -2.14. The molecule has 1 N–H and O–H groups in total. The topological polar surface area (TPSA) is 42.0 Å². The van der Waals surface area contributed by atoms with E-state index in [1.165, 1.54) is 27.5 Å². The second-order valence-corrected chi connectivity index (χ2v) is 8.17. The number of fused-ring (bicyclic) bond motifs is 2. The summed E-state index contributed by atoms with van der Waals surface area (Å²) in [5, 5.41) is 6.26. The van der Waals surface area contributed by atoms with Crippen molar-refractivity contribution in [1.82, 2.24) is 4.98 Å². The highest BCUT2D eigenvalue weighted by molar-refractivity contribution is 7.22. The normalized spacial score (nSPS) is 12.8. The van der Waals surface area contributed by atoms with Crippen molar-refractivity contribution in [1.29, 1.82) is 0 Å². The van der Waals surface area contributed by atoms with Crippen molar-refractivity contribution in [2.45, 2.75) is 32.6 Å². The van der Waals surface area contributed by atoms with E-state index in [0.29, 0.717) is 11.6 Å². The summed E-state index contributed by atoms with van der Waals surface area (Å²) in [5.74, 6) is -0.0179. The summed E-state index contributed by atoms with van der Waals surface area (Å²) in [7, 11) is 0. The molecular formula is C23H20N2OS. The number of carbonyl (C=O) groups excluding carboxylic acids is 1. The van der Waals surface area contributed by atoms with Crippen LogP contribution in [0.3, 0.4) is 0 Å². The van der Waals surface area contributed by atoms with Crippen LogP contribution in [0.15, 0.2) is 48.5 Å². The van der Waals surface area contributed by atoms with Crippen LogP contribution < -0.4 is 5.32 Å². The molecule has 1 aliphatic rings. The third-order valence-electron chi connectivity index (χ3n) is 5.39. The second kappa shape index (κ2) is 6.46. The van der Waals surface area contributed by atoms with E-state index in [4.69, 9.17) is 4.98 Å². The van der Waals surface area contributed by atoms with E-state index < -0.39 is 0 Å². The zero-order valence-electron chi connectivity index (χ0n) is 15.2. The molecule has 0 saturated heterocycles. The van der Waals surface area contributed by atoms with E-state index in [1.807, 2.05) is 12.1 Å². The lowest BCUT2D eigenvalue weighted by atomic mass is 10.0. The minimum atomic E-state index is -0.0179. The first-order chi connectivity index (χ1) is 13.2. The molecule has 1 aliphatic carbocycles. The molecule has 0 bridgehead atoms. The average Bonchev–Trinajstić information content (AvgIpc) is 3.27. The number of amides is 1. The number of hydrogen-bond acceptors (Lipinski definition) is 3. The van der Waals surface area contributed by atoms with Crippen molar-refractivity contribution < 1.29 is 4.79 Å². The summed E-state index contributed by atoms with van der Waals surface area (Å²) in [6.07, 6.45) is 3.59. The Morgan fingerprint density at radius 1 is 1.07 bits per heavy atom. The molecule has 4 heteroatoms. The summed E-state index contributed by atoms with van der Waals surface area (Å²) in [6, 6.07) is 17.0. The second-order valence-electron chi connectivity index (χ2n) is 7.14. The number of nitrogens with one attached hydrogen (secondary N) is 1. The molecule has 134 valence electrons. The molecule has 27 heavy (non-hydrogen) atoms. The standard InChI is InChI=1S/C23H20N2OS/c1-2-14-6-8-15(9-7-14)12-20(26)24-23-25-22-18-5-3-4-16-10-11-17(21(16)18)13-19(22)27-23/h3-9,13H,2,10-12H2,1H3,(H,24,25,26). The van der Waals surface area contributed by atoms with Gasteiger partial charge in [-0.05, 0) is 53.0 Å². The summed E-state index contributed by atoms with van der Waals surface area (Å²) >= 11 is 1.57. The quantitative estimate of drug-likeness (QED) is 0.529. The first-order valence-electron chi connectivity index (χ1n) is 9.43. The predicted octanol–water partition coefficient (Wildman–Crippen LogP) is 5.29. The Bertz CT molecular complexity index is 1170. The highest BCUT2D eigenvalue weighted by atomic mass is 32.1. The van der Waals surface area contributed by atoms with Crippen molar-refractivity contribution in [3.05, 3.63) is 70.8 Å². The molecule has 1 heterocycles. The average molecular weight is 372 g/mol. The zero-order chi connectivity index (χ0) is 18.4. The fourth-order valence-electron chi connectivity index (χ4n) is 4.00. The van der Waals surface area contributed by atoms with Gasteiger partial charge in [-0.2, -0.15) is 0 Å². The minimum Gasteiger partial charge on any atom is -0.302 e. The molecule has 3 nitrogen and oxygen atoms in total. The molecular weight excluding hydrogens is 352 g/mol. The van der Waals surface area contributed by atoms with Crippen LogP contribution in [0, 0.1) is 0 Å². The van der Waals surface area contributed by atoms with Crippen LogP contribution in [0.25, 0.3) is 21.0 Å². The lowest BCUT2D eigenvalue weighted by molar-refractivity contribution is -0.115. The van der Waals surface area contributed by atoms with Crippen molar-refractivity contribution in [3.63, 3.8) is 0 Å². The molecule has 0 unspecified atom stereocenters. The Hall–Kier alpha value is -2.72. The number of carbonyl (C=O) groups is 1. The van der Waals surface area contributed by atoms with Gasteiger partial charge in [-0.1, -0.05) is 60.7 Å². The third-order valence-corrected chi connectivity index (χ3v) is 6.31. The number of thiazole rings is 1. The number of aromatic nitrogens is 1. The van der Waals surface area contributed by atoms with Gasteiger partial charge in [-0.25, -0.2) is 4.98 Å². The van der Waals surface area contributed by atoms with E-state index in [2.05, 4.69) is 48.6 Å². The van der Waals surface area contributed by atoms with E-state index in [9.17, 15) is 4.79 Å². The van der Waals surface area contributed by atoms with Crippen LogP contribution in [0.4, 0.5) is 5.13 Å². The fourth-order valence-corrected chi connectivity index (χ4v) is 4.96. The Balaban J connectivity index is 1.43. The number of rotatable bonds is 4. The smallest absolute Gasteiger partial charge is 0.230 e. The van der Waals surface area contributed by atoms with Crippen LogP contribution in [0.1, 0.15) is 29.2 Å². The Morgan fingerprint density at radius 2 is 1.85 bits per heavy atom. The van der Waals surface area contributed by atoms with Crippen LogP contribution in [-0.2, 0) is 30.5 Å².